The van der Waals surface area contributed by atoms with Crippen LogP contribution in [0.5, 0.6) is 0 Å². The number of aromatic nitrogens is 3. The summed E-state index contributed by atoms with van der Waals surface area (Å²) < 4.78 is 34.9. The van der Waals surface area contributed by atoms with Gasteiger partial charge in [0.05, 0.1) is 11.2 Å². The highest BCUT2D eigenvalue weighted by atomic mass is 32.2. The first-order valence-electron chi connectivity index (χ1n) is 10.2. The quantitative estimate of drug-likeness (QED) is 0.526. The van der Waals surface area contributed by atoms with Crippen molar-refractivity contribution in [2.24, 2.45) is 0 Å². The Labute approximate surface area is 186 Å². The van der Waals surface area contributed by atoms with Gasteiger partial charge in [0, 0.05) is 39.0 Å². The van der Waals surface area contributed by atoms with Crippen LogP contribution in [-0.2, 0) is 14.9 Å². The molecule has 0 spiro atoms. The van der Waals surface area contributed by atoms with Crippen molar-refractivity contribution in [2.75, 3.05) is 21.2 Å². The van der Waals surface area contributed by atoms with Crippen molar-refractivity contribution in [3.63, 3.8) is 0 Å². The highest BCUT2D eigenvalue weighted by molar-refractivity contribution is 7.87. The number of ether oxygens (including phenoxy) is 1. The number of fused-ring (bicyclic) bond motifs is 1. The van der Waals surface area contributed by atoms with Gasteiger partial charge in [-0.05, 0) is 22.7 Å². The fraction of sp³-hybridized carbons (Fsp3) is 0.455. The van der Waals surface area contributed by atoms with Gasteiger partial charge in [-0.25, -0.2) is 8.96 Å². The minimum Gasteiger partial charge on any atom is -0.370 e. The van der Waals surface area contributed by atoms with Crippen LogP contribution in [-0.4, -0.2) is 55.9 Å². The average Bonchev–Trinajstić information content (AvgIpc) is 3.14. The van der Waals surface area contributed by atoms with Gasteiger partial charge in [-0.3, -0.25) is 4.98 Å². The van der Waals surface area contributed by atoms with E-state index in [-0.39, 0.29) is 5.04 Å². The molecule has 7 nitrogen and oxygen atoms in total. The van der Waals surface area contributed by atoms with Gasteiger partial charge in [-0.1, -0.05) is 52.1 Å². The highest BCUT2D eigenvalue weighted by Crippen LogP contribution is 2.37. The van der Waals surface area contributed by atoms with Gasteiger partial charge in [-0.15, -0.1) is 0 Å². The maximum absolute atomic E-state index is 13.2. The van der Waals surface area contributed by atoms with Crippen LogP contribution in [0.1, 0.15) is 38.1 Å². The molecule has 3 aromatic rings. The molecule has 168 valence electrons. The fourth-order valence-corrected chi connectivity index (χ4v) is 6.94. The molecular formula is C22H32N4O3SSi. The minimum absolute atomic E-state index is 0.0961. The molecule has 2 heterocycles. The molecule has 1 atom stereocenters. The Morgan fingerprint density at radius 1 is 1.13 bits per heavy atom. The first kappa shape index (κ1) is 23.6. The van der Waals surface area contributed by atoms with E-state index < -0.39 is 24.4 Å². The lowest BCUT2D eigenvalue weighted by atomic mass is 10.0. The average molecular weight is 461 g/mol. The van der Waals surface area contributed by atoms with E-state index in [0.29, 0.717) is 11.1 Å². The predicted molar refractivity (Wildman–Crippen MR) is 128 cm³/mol. The summed E-state index contributed by atoms with van der Waals surface area (Å²) >= 11 is 0. The van der Waals surface area contributed by atoms with Crippen molar-refractivity contribution in [3.05, 3.63) is 54.0 Å². The largest absolute Gasteiger partial charge is 0.370 e. The zero-order chi connectivity index (χ0) is 23.2. The van der Waals surface area contributed by atoms with Gasteiger partial charge >= 0.3 is 10.2 Å². The monoisotopic (exact) mass is 460 g/mol. The summed E-state index contributed by atoms with van der Waals surface area (Å²) in [5.41, 5.74) is 2.95. The maximum atomic E-state index is 13.2. The zero-order valence-corrected chi connectivity index (χ0v) is 21.4. The third-order valence-electron chi connectivity index (χ3n) is 6.31. The van der Waals surface area contributed by atoms with Crippen molar-refractivity contribution in [1.82, 2.24) is 18.2 Å². The zero-order valence-electron chi connectivity index (χ0n) is 19.5. The van der Waals surface area contributed by atoms with E-state index in [1.165, 1.54) is 22.4 Å². The number of nitrogens with zero attached hydrogens (tertiary/aromatic N) is 4. The lowest BCUT2D eigenvalue weighted by Gasteiger charge is -2.36. The third kappa shape index (κ3) is 4.07. The minimum atomic E-state index is -3.74. The molecule has 0 N–H and O–H groups in total. The number of rotatable bonds is 6. The number of hydrogen-bond donors (Lipinski definition) is 0. The SMILES string of the molecule is COC(c1cn(S(=O)(=O)N(C)C)c([Si](C)(C)C(C)(C)C)n1)c1ccnc2ccccc12. The van der Waals surface area contributed by atoms with Crippen molar-refractivity contribution in [2.45, 2.75) is 45.0 Å². The maximum Gasteiger partial charge on any atom is 0.308 e. The predicted octanol–water partition coefficient (Wildman–Crippen LogP) is 3.54. The summed E-state index contributed by atoms with van der Waals surface area (Å²) in [6.07, 6.45) is 2.84. The van der Waals surface area contributed by atoms with Crippen LogP contribution in [0.4, 0.5) is 0 Å². The van der Waals surface area contributed by atoms with Crippen LogP contribution in [0.25, 0.3) is 10.9 Å². The summed E-state index contributed by atoms with van der Waals surface area (Å²) in [4.78, 5) is 9.36. The van der Waals surface area contributed by atoms with Crippen molar-refractivity contribution in [1.29, 1.82) is 0 Å². The number of hydrogen-bond acceptors (Lipinski definition) is 5. The Hall–Kier alpha value is -2.07. The molecule has 0 saturated carbocycles. The van der Waals surface area contributed by atoms with Crippen molar-refractivity contribution < 1.29 is 13.2 Å². The number of methoxy groups -OCH3 is 1. The molecule has 31 heavy (non-hydrogen) atoms. The lowest BCUT2D eigenvalue weighted by Crippen LogP contribution is -2.56. The van der Waals surface area contributed by atoms with Crippen LogP contribution in [0, 0.1) is 0 Å². The summed E-state index contributed by atoms with van der Waals surface area (Å²) in [6.45, 7) is 10.7. The molecule has 0 aliphatic heterocycles. The summed E-state index contributed by atoms with van der Waals surface area (Å²) in [6, 6.07) is 9.74. The molecule has 0 aliphatic carbocycles. The van der Waals surface area contributed by atoms with E-state index >= 15 is 0 Å². The van der Waals surface area contributed by atoms with Gasteiger partial charge in [0.15, 0.2) is 0 Å². The van der Waals surface area contributed by atoms with E-state index in [9.17, 15) is 8.42 Å². The van der Waals surface area contributed by atoms with Crippen LogP contribution >= 0.6 is 0 Å². The molecule has 3 rings (SSSR count). The number of imidazole rings is 1. The van der Waals surface area contributed by atoms with E-state index in [0.717, 1.165) is 16.5 Å². The van der Waals surface area contributed by atoms with E-state index in [1.54, 1.807) is 19.5 Å². The summed E-state index contributed by atoms with van der Waals surface area (Å²) in [7, 11) is -1.35. The van der Waals surface area contributed by atoms with Crippen LogP contribution in [0.15, 0.2) is 42.7 Å². The van der Waals surface area contributed by atoms with Gasteiger partial charge in [0.25, 0.3) is 0 Å². The second-order valence-electron chi connectivity index (χ2n) is 9.48. The number of benzene rings is 1. The standard InChI is InChI=1S/C22H32N4O3SSi/c1-22(2,3)31(7,8)21-24-19(15-26(21)30(27,28)25(4)5)20(29-6)17-13-14-23-18-12-10-9-11-16(17)18/h9-15,20H,1-8H3. The lowest BCUT2D eigenvalue weighted by molar-refractivity contribution is 0.134. The number of para-hydroxylation sites is 1. The van der Waals surface area contributed by atoms with Gasteiger partial charge < -0.3 is 4.74 Å². The van der Waals surface area contributed by atoms with E-state index in [1.807, 2.05) is 30.3 Å². The van der Waals surface area contributed by atoms with Crippen molar-refractivity contribution >= 4 is 34.6 Å². The van der Waals surface area contributed by atoms with Crippen molar-refractivity contribution in [3.8, 4) is 0 Å². The highest BCUT2D eigenvalue weighted by Gasteiger charge is 2.43. The Morgan fingerprint density at radius 3 is 2.35 bits per heavy atom. The smallest absolute Gasteiger partial charge is 0.308 e. The molecule has 0 amide bonds. The molecule has 0 bridgehead atoms. The van der Waals surface area contributed by atoms with Gasteiger partial charge in [0.1, 0.15) is 19.6 Å². The molecule has 1 unspecified atom stereocenters. The molecule has 0 aliphatic rings. The first-order chi connectivity index (χ1) is 14.3. The third-order valence-corrected chi connectivity index (χ3v) is 13.4. The number of pyridine rings is 1. The topological polar surface area (TPSA) is 77.3 Å². The Morgan fingerprint density at radius 2 is 1.77 bits per heavy atom. The molecular weight excluding hydrogens is 428 g/mol. The van der Waals surface area contributed by atoms with Crippen LogP contribution in [0.3, 0.4) is 0 Å². The molecule has 0 fully saturated rings. The molecule has 0 saturated heterocycles. The van der Waals surface area contributed by atoms with Gasteiger partial charge in [0.2, 0.25) is 0 Å². The second kappa shape index (κ2) is 8.12. The van der Waals surface area contributed by atoms with Gasteiger partial charge in [-0.2, -0.15) is 12.7 Å². The molecule has 0 radical (unpaired) electrons. The Balaban J connectivity index is 2.28. The fourth-order valence-electron chi connectivity index (χ4n) is 3.36. The second-order valence-corrected chi connectivity index (χ2v) is 16.7. The molecule has 9 heteroatoms. The van der Waals surface area contributed by atoms with Crippen LogP contribution < -0.4 is 5.45 Å². The normalized spacial score (nSPS) is 14.4. The van der Waals surface area contributed by atoms with Crippen LogP contribution in [0.2, 0.25) is 18.1 Å². The molecule has 2 aromatic heterocycles. The Kier molecular flexibility index (Phi) is 6.18. The molecule has 1 aromatic carbocycles. The van der Waals surface area contributed by atoms with E-state index in [4.69, 9.17) is 9.72 Å². The Bertz CT molecular complexity index is 1190. The first-order valence-corrected chi connectivity index (χ1v) is 14.6. The summed E-state index contributed by atoms with van der Waals surface area (Å²) in [5.74, 6) is 0. The summed E-state index contributed by atoms with van der Waals surface area (Å²) in [5, 5.41) is 0.858. The van der Waals surface area contributed by atoms with E-state index in [2.05, 4.69) is 38.8 Å².